The van der Waals surface area contributed by atoms with Crippen molar-refractivity contribution in [1.29, 1.82) is 0 Å². The van der Waals surface area contributed by atoms with Gasteiger partial charge in [-0.25, -0.2) is 13.5 Å². The first-order valence-corrected chi connectivity index (χ1v) is 11.3. The van der Waals surface area contributed by atoms with E-state index in [9.17, 15) is 23.2 Å². The molecule has 0 radical (unpaired) electrons. The Kier molecular flexibility index (Phi) is 7.70. The lowest BCUT2D eigenvalue weighted by Gasteiger charge is -2.14. The molecule has 7 nitrogen and oxygen atoms in total. The van der Waals surface area contributed by atoms with E-state index in [4.69, 9.17) is 0 Å². The number of halogens is 2. The van der Waals surface area contributed by atoms with Crippen LogP contribution in [0.1, 0.15) is 24.2 Å². The fourth-order valence-corrected chi connectivity index (χ4v) is 3.90. The molecule has 174 valence electrons. The monoisotopic (exact) mass is 474 g/mol. The normalized spacial score (nSPS) is 11.8. The van der Waals surface area contributed by atoms with Gasteiger partial charge in [0.2, 0.25) is 11.8 Å². The largest absolute Gasteiger partial charge is 0.349 e. The molecule has 0 aliphatic carbocycles. The molecule has 0 saturated heterocycles. The number of hydrogen-bond donors (Lipinski definition) is 2. The van der Waals surface area contributed by atoms with Crippen molar-refractivity contribution < 1.29 is 18.4 Å². The fourth-order valence-electron chi connectivity index (χ4n) is 3.27. The number of aromatic nitrogens is 2. The van der Waals surface area contributed by atoms with Crippen LogP contribution < -0.4 is 16.2 Å². The Morgan fingerprint density at radius 3 is 2.36 bits per heavy atom. The van der Waals surface area contributed by atoms with E-state index >= 15 is 0 Å². The summed E-state index contributed by atoms with van der Waals surface area (Å²) in [6, 6.07) is 12.0. The second-order valence-electron chi connectivity index (χ2n) is 7.44. The predicted molar refractivity (Wildman–Crippen MR) is 125 cm³/mol. The standard InChI is InChI=1S/C23H24F2N4O3S/c1-14(16-9-10-18(24)19(25)11-16)26-20(30)12-33-13-21(31)27-22-15(2)28(3)29(23(22)32)17-7-5-4-6-8-17/h4-11,14H,12-13H2,1-3H3,(H,26,30)(H,27,31). The van der Waals surface area contributed by atoms with E-state index in [2.05, 4.69) is 10.6 Å². The van der Waals surface area contributed by atoms with E-state index < -0.39 is 23.6 Å². The Morgan fingerprint density at radius 2 is 1.70 bits per heavy atom. The Hall–Kier alpha value is -3.40. The van der Waals surface area contributed by atoms with Gasteiger partial charge in [0.15, 0.2) is 11.6 Å². The Labute approximate surface area is 193 Å². The lowest BCUT2D eigenvalue weighted by atomic mass is 10.1. The minimum absolute atomic E-state index is 0.0105. The number of rotatable bonds is 8. The van der Waals surface area contributed by atoms with Crippen LogP contribution >= 0.6 is 11.8 Å². The highest BCUT2D eigenvalue weighted by molar-refractivity contribution is 8.00. The topological polar surface area (TPSA) is 85.1 Å². The molecule has 2 N–H and O–H groups in total. The molecule has 1 aromatic heterocycles. The molecule has 0 aliphatic rings. The number of hydrogen-bond acceptors (Lipinski definition) is 4. The molecule has 0 fully saturated rings. The molecule has 0 bridgehead atoms. The van der Waals surface area contributed by atoms with E-state index in [0.717, 1.165) is 23.9 Å². The van der Waals surface area contributed by atoms with Gasteiger partial charge in [0.25, 0.3) is 5.56 Å². The molecule has 0 spiro atoms. The number of carbonyl (C=O) groups excluding carboxylic acids is 2. The zero-order chi connectivity index (χ0) is 24.1. The molecular weight excluding hydrogens is 450 g/mol. The number of carbonyl (C=O) groups is 2. The summed E-state index contributed by atoms with van der Waals surface area (Å²) in [6.45, 7) is 3.38. The van der Waals surface area contributed by atoms with Crippen molar-refractivity contribution >= 4 is 29.3 Å². The molecule has 0 aliphatic heterocycles. The van der Waals surface area contributed by atoms with Crippen LogP contribution in [0.3, 0.4) is 0 Å². The van der Waals surface area contributed by atoms with Crippen LogP contribution in [0.15, 0.2) is 53.3 Å². The highest BCUT2D eigenvalue weighted by atomic mass is 32.2. The van der Waals surface area contributed by atoms with E-state index in [-0.39, 0.29) is 28.7 Å². The van der Waals surface area contributed by atoms with E-state index in [1.54, 1.807) is 37.7 Å². The molecule has 10 heteroatoms. The maximum Gasteiger partial charge on any atom is 0.295 e. The highest BCUT2D eigenvalue weighted by Gasteiger charge is 2.18. The third kappa shape index (κ3) is 5.70. The number of anilines is 1. The average Bonchev–Trinajstić information content (AvgIpc) is 2.99. The van der Waals surface area contributed by atoms with Crippen molar-refractivity contribution in [2.24, 2.45) is 7.05 Å². The molecule has 2 amide bonds. The van der Waals surface area contributed by atoms with Crippen LogP contribution in [-0.4, -0.2) is 32.7 Å². The molecule has 33 heavy (non-hydrogen) atoms. The zero-order valence-corrected chi connectivity index (χ0v) is 19.2. The SMILES string of the molecule is Cc1c(NC(=O)CSCC(=O)NC(C)c2ccc(F)c(F)c2)c(=O)n(-c2ccccc2)n1C. The average molecular weight is 475 g/mol. The van der Waals surface area contributed by atoms with Gasteiger partial charge in [-0.05, 0) is 43.7 Å². The first-order valence-electron chi connectivity index (χ1n) is 10.1. The summed E-state index contributed by atoms with van der Waals surface area (Å²) in [7, 11) is 1.73. The highest BCUT2D eigenvalue weighted by Crippen LogP contribution is 2.17. The van der Waals surface area contributed by atoms with Crippen molar-refractivity contribution in [1.82, 2.24) is 14.7 Å². The van der Waals surface area contributed by atoms with E-state index in [0.29, 0.717) is 16.9 Å². The minimum Gasteiger partial charge on any atom is -0.349 e. The van der Waals surface area contributed by atoms with Gasteiger partial charge in [0, 0.05) is 7.05 Å². The summed E-state index contributed by atoms with van der Waals surface area (Å²) in [5.41, 5.74) is 1.54. The number of benzene rings is 2. The van der Waals surface area contributed by atoms with Gasteiger partial charge in [-0.1, -0.05) is 24.3 Å². The third-order valence-electron chi connectivity index (χ3n) is 5.11. The lowest BCUT2D eigenvalue weighted by molar-refractivity contribution is -0.119. The van der Waals surface area contributed by atoms with Crippen molar-refractivity contribution in [3.8, 4) is 5.69 Å². The molecule has 0 saturated carbocycles. The van der Waals surface area contributed by atoms with Crippen molar-refractivity contribution in [2.45, 2.75) is 19.9 Å². The van der Waals surface area contributed by atoms with Crippen molar-refractivity contribution in [2.75, 3.05) is 16.8 Å². The van der Waals surface area contributed by atoms with Crippen LogP contribution in [0.2, 0.25) is 0 Å². The van der Waals surface area contributed by atoms with Crippen LogP contribution in [0.25, 0.3) is 5.69 Å². The molecule has 3 rings (SSSR count). The van der Waals surface area contributed by atoms with Gasteiger partial charge < -0.3 is 10.6 Å². The maximum absolute atomic E-state index is 13.4. The van der Waals surface area contributed by atoms with Gasteiger partial charge in [0.1, 0.15) is 5.69 Å². The minimum atomic E-state index is -0.984. The summed E-state index contributed by atoms with van der Waals surface area (Å²) < 4.78 is 29.5. The Bertz CT molecular complexity index is 1220. The number of thioether (sulfide) groups is 1. The van der Waals surface area contributed by atoms with Crippen molar-refractivity contribution in [3.05, 3.63) is 81.8 Å². The summed E-state index contributed by atoms with van der Waals surface area (Å²) in [6.07, 6.45) is 0. The number of para-hydroxylation sites is 1. The number of amides is 2. The van der Waals surface area contributed by atoms with Crippen LogP contribution in [0, 0.1) is 18.6 Å². The van der Waals surface area contributed by atoms with Crippen molar-refractivity contribution in [3.63, 3.8) is 0 Å². The first kappa shape index (κ1) is 24.2. The van der Waals surface area contributed by atoms with E-state index in [1.807, 2.05) is 18.2 Å². The van der Waals surface area contributed by atoms with Gasteiger partial charge in [0.05, 0.1) is 28.9 Å². The van der Waals surface area contributed by atoms with Gasteiger partial charge >= 0.3 is 0 Å². The lowest BCUT2D eigenvalue weighted by Crippen LogP contribution is -2.29. The zero-order valence-electron chi connectivity index (χ0n) is 18.4. The summed E-state index contributed by atoms with van der Waals surface area (Å²) in [5.74, 6) is -2.75. The van der Waals surface area contributed by atoms with Gasteiger partial charge in [-0.15, -0.1) is 11.8 Å². The summed E-state index contributed by atoms with van der Waals surface area (Å²) in [5, 5.41) is 5.31. The molecular formula is C23H24F2N4O3S. The quantitative estimate of drug-likeness (QED) is 0.525. The van der Waals surface area contributed by atoms with Crippen LogP contribution in [-0.2, 0) is 16.6 Å². The third-order valence-corrected chi connectivity index (χ3v) is 6.04. The maximum atomic E-state index is 13.4. The second kappa shape index (κ2) is 10.5. The summed E-state index contributed by atoms with van der Waals surface area (Å²) in [4.78, 5) is 37.3. The van der Waals surface area contributed by atoms with Crippen LogP contribution in [0.5, 0.6) is 0 Å². The van der Waals surface area contributed by atoms with Crippen LogP contribution in [0.4, 0.5) is 14.5 Å². The Morgan fingerprint density at radius 1 is 1.03 bits per heavy atom. The molecule has 1 atom stereocenters. The fraction of sp³-hybridized carbons (Fsp3) is 0.261. The molecule has 1 unspecified atom stereocenters. The summed E-state index contributed by atoms with van der Waals surface area (Å²) >= 11 is 1.08. The number of nitrogens with one attached hydrogen (secondary N) is 2. The molecule has 3 aromatic rings. The van der Waals surface area contributed by atoms with Gasteiger partial charge in [-0.3, -0.25) is 19.1 Å². The molecule has 2 aromatic carbocycles. The predicted octanol–water partition coefficient (Wildman–Crippen LogP) is 3.31. The first-order chi connectivity index (χ1) is 15.7. The molecule has 1 heterocycles. The Balaban J connectivity index is 1.54. The van der Waals surface area contributed by atoms with Gasteiger partial charge in [-0.2, -0.15) is 0 Å². The smallest absolute Gasteiger partial charge is 0.295 e. The number of nitrogens with zero attached hydrogens (tertiary/aromatic N) is 2. The van der Waals surface area contributed by atoms with E-state index in [1.165, 1.54) is 10.7 Å². The second-order valence-corrected chi connectivity index (χ2v) is 8.43.